The molecule has 5 heteroatoms. The van der Waals surface area contributed by atoms with E-state index in [-0.39, 0.29) is 17.3 Å². The molecule has 0 radical (unpaired) electrons. The Balaban J connectivity index is 1.90. The van der Waals surface area contributed by atoms with E-state index < -0.39 is 5.82 Å². The average molecular weight is 258 g/mol. The molecule has 1 heterocycles. The predicted molar refractivity (Wildman–Crippen MR) is 69.7 cm³/mol. The normalized spacial score (nSPS) is 13.0. The van der Waals surface area contributed by atoms with Gasteiger partial charge in [0.05, 0.1) is 6.42 Å². The van der Waals surface area contributed by atoms with Crippen molar-refractivity contribution in [3.63, 3.8) is 0 Å². The SMILES string of the molecule is Nc1c(F)cccc1Oc1ccc2c(c1)CC(=O)N2. The Labute approximate surface area is 109 Å². The summed E-state index contributed by atoms with van der Waals surface area (Å²) in [6.45, 7) is 0. The van der Waals surface area contributed by atoms with E-state index in [1.54, 1.807) is 24.3 Å². The quantitative estimate of drug-likeness (QED) is 0.814. The van der Waals surface area contributed by atoms with Gasteiger partial charge >= 0.3 is 0 Å². The highest BCUT2D eigenvalue weighted by Gasteiger charge is 2.18. The molecule has 4 nitrogen and oxygen atoms in total. The summed E-state index contributed by atoms with van der Waals surface area (Å²) in [5.74, 6) is 0.220. The van der Waals surface area contributed by atoms with Crippen molar-refractivity contribution in [2.75, 3.05) is 11.1 Å². The van der Waals surface area contributed by atoms with Gasteiger partial charge in [-0.3, -0.25) is 4.79 Å². The van der Waals surface area contributed by atoms with Gasteiger partial charge in [-0.25, -0.2) is 4.39 Å². The molecule has 0 spiro atoms. The Hall–Kier alpha value is -2.56. The molecule has 0 aromatic heterocycles. The van der Waals surface area contributed by atoms with Gasteiger partial charge < -0.3 is 15.8 Å². The number of hydrogen-bond donors (Lipinski definition) is 2. The number of nitrogens with one attached hydrogen (secondary N) is 1. The number of halogens is 1. The van der Waals surface area contributed by atoms with Crippen LogP contribution in [0, 0.1) is 5.82 Å². The number of anilines is 2. The van der Waals surface area contributed by atoms with E-state index >= 15 is 0 Å². The molecule has 0 fully saturated rings. The van der Waals surface area contributed by atoms with Crippen molar-refractivity contribution in [2.24, 2.45) is 0 Å². The van der Waals surface area contributed by atoms with Crippen LogP contribution in [0.3, 0.4) is 0 Å². The van der Waals surface area contributed by atoms with Gasteiger partial charge in [0.1, 0.15) is 17.3 Å². The molecular weight excluding hydrogens is 247 g/mol. The van der Waals surface area contributed by atoms with Gasteiger partial charge in [0.25, 0.3) is 0 Å². The highest BCUT2D eigenvalue weighted by molar-refractivity contribution is 5.99. The lowest BCUT2D eigenvalue weighted by molar-refractivity contribution is -0.115. The molecule has 2 aromatic rings. The summed E-state index contributed by atoms with van der Waals surface area (Å²) >= 11 is 0. The molecule has 3 N–H and O–H groups in total. The van der Waals surface area contributed by atoms with E-state index in [0.717, 1.165) is 11.3 Å². The molecule has 19 heavy (non-hydrogen) atoms. The number of fused-ring (bicyclic) bond motifs is 1. The van der Waals surface area contributed by atoms with Gasteiger partial charge in [-0.2, -0.15) is 0 Å². The molecule has 1 aliphatic rings. The van der Waals surface area contributed by atoms with Crippen molar-refractivity contribution in [3.05, 3.63) is 47.8 Å². The van der Waals surface area contributed by atoms with Crippen LogP contribution in [0.15, 0.2) is 36.4 Å². The lowest BCUT2D eigenvalue weighted by Crippen LogP contribution is -2.03. The van der Waals surface area contributed by atoms with Gasteiger partial charge in [-0.05, 0) is 35.9 Å². The Bertz CT molecular complexity index is 670. The second-order valence-electron chi connectivity index (χ2n) is 4.30. The maximum Gasteiger partial charge on any atom is 0.228 e. The second kappa shape index (κ2) is 4.28. The molecular formula is C14H11FN2O2. The van der Waals surface area contributed by atoms with E-state index in [0.29, 0.717) is 12.2 Å². The Kier molecular flexibility index (Phi) is 2.59. The molecule has 0 aliphatic carbocycles. The van der Waals surface area contributed by atoms with Gasteiger partial charge in [-0.1, -0.05) is 6.07 Å². The molecule has 0 unspecified atom stereocenters. The van der Waals surface area contributed by atoms with Crippen molar-refractivity contribution in [3.8, 4) is 11.5 Å². The smallest absolute Gasteiger partial charge is 0.228 e. The molecule has 0 saturated carbocycles. The minimum Gasteiger partial charge on any atom is -0.455 e. The average Bonchev–Trinajstić information content (AvgIpc) is 2.74. The lowest BCUT2D eigenvalue weighted by Gasteiger charge is -2.09. The third kappa shape index (κ3) is 2.10. The van der Waals surface area contributed by atoms with Crippen LogP contribution in [0.4, 0.5) is 15.8 Å². The van der Waals surface area contributed by atoms with Crippen LogP contribution < -0.4 is 15.8 Å². The summed E-state index contributed by atoms with van der Waals surface area (Å²) in [5.41, 5.74) is 7.21. The van der Waals surface area contributed by atoms with Gasteiger partial charge in [-0.15, -0.1) is 0 Å². The summed E-state index contributed by atoms with van der Waals surface area (Å²) < 4.78 is 18.8. The Morgan fingerprint density at radius 3 is 2.95 bits per heavy atom. The first kappa shape index (κ1) is 11.5. The third-order valence-corrected chi connectivity index (χ3v) is 2.94. The Morgan fingerprint density at radius 1 is 1.26 bits per heavy atom. The number of hydrogen-bond acceptors (Lipinski definition) is 3. The number of nitrogens with two attached hydrogens (primary N) is 1. The topological polar surface area (TPSA) is 64.3 Å². The molecule has 2 aromatic carbocycles. The number of benzene rings is 2. The van der Waals surface area contributed by atoms with Gasteiger partial charge in [0.15, 0.2) is 5.75 Å². The molecule has 0 bridgehead atoms. The van der Waals surface area contributed by atoms with Crippen LogP contribution >= 0.6 is 0 Å². The fourth-order valence-electron chi connectivity index (χ4n) is 2.00. The number of para-hydroxylation sites is 1. The largest absolute Gasteiger partial charge is 0.455 e. The number of amides is 1. The van der Waals surface area contributed by atoms with E-state index in [1.165, 1.54) is 12.1 Å². The van der Waals surface area contributed by atoms with Crippen molar-refractivity contribution in [1.29, 1.82) is 0 Å². The van der Waals surface area contributed by atoms with Crippen LogP contribution in [0.25, 0.3) is 0 Å². The van der Waals surface area contributed by atoms with Crippen LogP contribution in [0.5, 0.6) is 11.5 Å². The second-order valence-corrected chi connectivity index (χ2v) is 4.30. The number of carbonyl (C=O) groups is 1. The van der Waals surface area contributed by atoms with E-state index in [9.17, 15) is 9.18 Å². The van der Waals surface area contributed by atoms with E-state index in [2.05, 4.69) is 5.32 Å². The highest BCUT2D eigenvalue weighted by Crippen LogP contribution is 2.32. The van der Waals surface area contributed by atoms with Gasteiger partial charge in [0, 0.05) is 5.69 Å². The summed E-state index contributed by atoms with van der Waals surface area (Å²) in [5, 5.41) is 2.73. The van der Waals surface area contributed by atoms with Crippen molar-refractivity contribution >= 4 is 17.3 Å². The number of rotatable bonds is 2. The van der Waals surface area contributed by atoms with Crippen molar-refractivity contribution in [2.45, 2.75) is 6.42 Å². The van der Waals surface area contributed by atoms with Gasteiger partial charge in [0.2, 0.25) is 5.91 Å². The predicted octanol–water partition coefficient (Wildman–Crippen LogP) is 2.69. The molecule has 96 valence electrons. The maximum atomic E-state index is 13.3. The van der Waals surface area contributed by atoms with Crippen LogP contribution in [-0.2, 0) is 11.2 Å². The van der Waals surface area contributed by atoms with Crippen LogP contribution in [-0.4, -0.2) is 5.91 Å². The molecule has 1 aliphatic heterocycles. The van der Waals surface area contributed by atoms with Crippen LogP contribution in [0.2, 0.25) is 0 Å². The summed E-state index contributed by atoms with van der Waals surface area (Å²) in [6, 6.07) is 9.60. The first-order valence-corrected chi connectivity index (χ1v) is 5.78. The minimum absolute atomic E-state index is 0.0304. The Morgan fingerprint density at radius 2 is 2.11 bits per heavy atom. The van der Waals surface area contributed by atoms with Crippen LogP contribution in [0.1, 0.15) is 5.56 Å². The summed E-state index contributed by atoms with van der Waals surface area (Å²) in [6.07, 6.45) is 0.325. The van der Waals surface area contributed by atoms with E-state index in [4.69, 9.17) is 10.5 Å². The van der Waals surface area contributed by atoms with Crippen molar-refractivity contribution < 1.29 is 13.9 Å². The third-order valence-electron chi connectivity index (χ3n) is 2.94. The van der Waals surface area contributed by atoms with Crippen molar-refractivity contribution in [1.82, 2.24) is 0 Å². The number of ether oxygens (including phenoxy) is 1. The molecule has 1 amide bonds. The fourth-order valence-corrected chi connectivity index (χ4v) is 2.00. The fraction of sp³-hybridized carbons (Fsp3) is 0.0714. The molecule has 0 saturated heterocycles. The zero-order valence-corrected chi connectivity index (χ0v) is 9.94. The first-order valence-electron chi connectivity index (χ1n) is 5.78. The minimum atomic E-state index is -0.518. The summed E-state index contributed by atoms with van der Waals surface area (Å²) in [4.78, 5) is 11.2. The zero-order chi connectivity index (χ0) is 13.4. The highest BCUT2D eigenvalue weighted by atomic mass is 19.1. The monoisotopic (exact) mass is 258 g/mol. The lowest BCUT2D eigenvalue weighted by atomic mass is 10.1. The number of nitrogen functional groups attached to an aromatic ring is 1. The summed E-state index contributed by atoms with van der Waals surface area (Å²) in [7, 11) is 0. The number of carbonyl (C=O) groups excluding carboxylic acids is 1. The molecule has 3 rings (SSSR count). The molecule has 0 atom stereocenters. The van der Waals surface area contributed by atoms with E-state index in [1.807, 2.05) is 0 Å². The zero-order valence-electron chi connectivity index (χ0n) is 9.94. The first-order chi connectivity index (χ1) is 9.13. The standard InChI is InChI=1S/C14H11FN2O2/c15-10-2-1-3-12(14(10)16)19-9-4-5-11-8(6-9)7-13(18)17-11/h1-6H,7,16H2,(H,17,18). The maximum absolute atomic E-state index is 13.3.